The molecule has 106 valence electrons. The predicted molar refractivity (Wildman–Crippen MR) is 77.5 cm³/mol. The lowest BCUT2D eigenvalue weighted by Gasteiger charge is -2.21. The average Bonchev–Trinajstić information content (AvgIpc) is 2.23. The normalized spacial score (nSPS) is 11.5. The zero-order valence-electron chi connectivity index (χ0n) is 12.0. The third-order valence-corrected chi connectivity index (χ3v) is 2.64. The van der Waals surface area contributed by atoms with Gasteiger partial charge in [-0.25, -0.2) is 9.97 Å². The zero-order chi connectivity index (χ0) is 14.6. The topological polar surface area (TPSA) is 66.9 Å². The van der Waals surface area contributed by atoms with Crippen molar-refractivity contribution >= 4 is 23.3 Å². The number of rotatable bonds is 4. The summed E-state index contributed by atoms with van der Waals surface area (Å²) in [6.07, 6.45) is 1.39. The molecule has 0 saturated heterocycles. The van der Waals surface area contributed by atoms with Gasteiger partial charge in [0.25, 0.3) is 0 Å². The Morgan fingerprint density at radius 3 is 2.53 bits per heavy atom. The van der Waals surface area contributed by atoms with Gasteiger partial charge in [0.05, 0.1) is 6.54 Å². The van der Waals surface area contributed by atoms with Crippen LogP contribution in [0.25, 0.3) is 0 Å². The number of nitrogens with one attached hydrogen (secondary N) is 2. The number of anilines is 1. The minimum atomic E-state index is -0.247. The summed E-state index contributed by atoms with van der Waals surface area (Å²) in [6.45, 7) is 9.98. The minimum absolute atomic E-state index is 0.0862. The third-order valence-electron chi connectivity index (χ3n) is 2.34. The number of carbonyl (C=O) groups excluding carboxylic acids is 1. The monoisotopic (exact) mass is 284 g/mol. The lowest BCUT2D eigenvalue weighted by molar-refractivity contribution is -0.120. The van der Waals surface area contributed by atoms with Gasteiger partial charge in [-0.2, -0.15) is 0 Å². The molecule has 0 radical (unpaired) electrons. The standard InChI is InChI=1S/C13H21ClN4O/c1-8(2)10-11(14)16-7-17-12(10)15-6-9(19)18-13(3,4)5/h7-8H,6H2,1-5H3,(H,18,19)(H,15,16,17). The summed E-state index contributed by atoms with van der Waals surface area (Å²) in [7, 11) is 0. The fourth-order valence-corrected chi connectivity index (χ4v) is 2.00. The van der Waals surface area contributed by atoms with Crippen molar-refractivity contribution < 1.29 is 4.79 Å². The Bertz CT molecular complexity index is 454. The first-order chi connectivity index (χ1) is 8.70. The number of amides is 1. The molecule has 0 atom stereocenters. The molecule has 0 aromatic carbocycles. The summed E-state index contributed by atoms with van der Waals surface area (Å²) in [5.41, 5.74) is 0.580. The molecular formula is C13H21ClN4O. The molecule has 2 N–H and O–H groups in total. The first kappa shape index (κ1) is 15.7. The van der Waals surface area contributed by atoms with E-state index in [0.29, 0.717) is 11.0 Å². The second-order valence-electron chi connectivity index (χ2n) is 5.73. The van der Waals surface area contributed by atoms with Crippen LogP contribution in [0.2, 0.25) is 5.15 Å². The maximum Gasteiger partial charge on any atom is 0.239 e. The van der Waals surface area contributed by atoms with Gasteiger partial charge in [-0.15, -0.1) is 0 Å². The highest BCUT2D eigenvalue weighted by atomic mass is 35.5. The van der Waals surface area contributed by atoms with E-state index in [1.54, 1.807) is 0 Å². The van der Waals surface area contributed by atoms with Gasteiger partial charge in [-0.1, -0.05) is 25.4 Å². The van der Waals surface area contributed by atoms with Crippen molar-refractivity contribution in [3.63, 3.8) is 0 Å². The average molecular weight is 285 g/mol. The van der Waals surface area contributed by atoms with E-state index < -0.39 is 0 Å². The smallest absolute Gasteiger partial charge is 0.239 e. The summed E-state index contributed by atoms with van der Waals surface area (Å²) in [4.78, 5) is 19.9. The predicted octanol–water partition coefficient (Wildman–Crippen LogP) is 2.58. The number of carbonyl (C=O) groups is 1. The van der Waals surface area contributed by atoms with Crippen molar-refractivity contribution in [1.29, 1.82) is 0 Å². The summed E-state index contributed by atoms with van der Waals surface area (Å²) in [6, 6.07) is 0. The van der Waals surface area contributed by atoms with E-state index in [0.717, 1.165) is 5.56 Å². The third kappa shape index (κ3) is 5.03. The van der Waals surface area contributed by atoms with Crippen LogP contribution in [0, 0.1) is 0 Å². The van der Waals surface area contributed by atoms with Crippen molar-refractivity contribution in [2.45, 2.75) is 46.1 Å². The highest BCUT2D eigenvalue weighted by Crippen LogP contribution is 2.27. The van der Waals surface area contributed by atoms with Gasteiger partial charge in [0, 0.05) is 11.1 Å². The van der Waals surface area contributed by atoms with Crippen LogP contribution in [0.4, 0.5) is 5.82 Å². The van der Waals surface area contributed by atoms with Gasteiger partial charge in [-0.3, -0.25) is 4.79 Å². The highest BCUT2D eigenvalue weighted by molar-refractivity contribution is 6.30. The Hall–Kier alpha value is -1.36. The first-order valence-electron chi connectivity index (χ1n) is 6.26. The molecule has 0 saturated carbocycles. The van der Waals surface area contributed by atoms with Crippen LogP contribution in [0.15, 0.2) is 6.33 Å². The molecule has 1 amide bonds. The van der Waals surface area contributed by atoms with Crippen molar-refractivity contribution in [2.24, 2.45) is 0 Å². The Morgan fingerprint density at radius 1 is 1.37 bits per heavy atom. The molecule has 0 spiro atoms. The SMILES string of the molecule is CC(C)c1c(Cl)ncnc1NCC(=O)NC(C)(C)C. The van der Waals surface area contributed by atoms with Gasteiger partial charge in [0.1, 0.15) is 17.3 Å². The lowest BCUT2D eigenvalue weighted by Crippen LogP contribution is -2.43. The van der Waals surface area contributed by atoms with E-state index in [9.17, 15) is 4.79 Å². The number of nitrogens with zero attached hydrogens (tertiary/aromatic N) is 2. The first-order valence-corrected chi connectivity index (χ1v) is 6.64. The summed E-state index contributed by atoms with van der Waals surface area (Å²) >= 11 is 6.05. The van der Waals surface area contributed by atoms with E-state index in [4.69, 9.17) is 11.6 Å². The quantitative estimate of drug-likeness (QED) is 0.834. The lowest BCUT2D eigenvalue weighted by atomic mass is 10.1. The van der Waals surface area contributed by atoms with E-state index in [1.807, 2.05) is 34.6 Å². The van der Waals surface area contributed by atoms with Gasteiger partial charge in [0.2, 0.25) is 5.91 Å². The zero-order valence-corrected chi connectivity index (χ0v) is 12.8. The molecule has 0 aliphatic rings. The van der Waals surface area contributed by atoms with Crippen LogP contribution in [-0.2, 0) is 4.79 Å². The molecule has 0 aliphatic heterocycles. The minimum Gasteiger partial charge on any atom is -0.361 e. The Labute approximate surface area is 119 Å². The van der Waals surface area contributed by atoms with Crippen LogP contribution in [-0.4, -0.2) is 28.0 Å². The number of halogens is 1. The van der Waals surface area contributed by atoms with Crippen molar-refractivity contribution in [3.05, 3.63) is 17.0 Å². The second kappa shape index (κ2) is 6.19. The molecule has 1 aromatic heterocycles. The molecule has 1 aromatic rings. The molecule has 0 bridgehead atoms. The number of hydrogen-bond acceptors (Lipinski definition) is 4. The molecule has 19 heavy (non-hydrogen) atoms. The van der Waals surface area contributed by atoms with Gasteiger partial charge in [0.15, 0.2) is 0 Å². The Morgan fingerprint density at radius 2 is 2.00 bits per heavy atom. The van der Waals surface area contributed by atoms with Crippen LogP contribution in [0.3, 0.4) is 0 Å². The molecule has 0 aliphatic carbocycles. The fourth-order valence-electron chi connectivity index (χ4n) is 1.65. The summed E-state index contributed by atoms with van der Waals surface area (Å²) in [5, 5.41) is 6.31. The van der Waals surface area contributed by atoms with Crippen molar-refractivity contribution in [1.82, 2.24) is 15.3 Å². The van der Waals surface area contributed by atoms with Crippen LogP contribution in [0.1, 0.15) is 46.1 Å². The molecule has 1 heterocycles. The maximum atomic E-state index is 11.7. The van der Waals surface area contributed by atoms with E-state index >= 15 is 0 Å². The van der Waals surface area contributed by atoms with Crippen LogP contribution < -0.4 is 10.6 Å². The Kier molecular flexibility index (Phi) is 5.11. The van der Waals surface area contributed by atoms with Crippen molar-refractivity contribution in [2.75, 3.05) is 11.9 Å². The van der Waals surface area contributed by atoms with Gasteiger partial charge < -0.3 is 10.6 Å². The number of aromatic nitrogens is 2. The van der Waals surface area contributed by atoms with Crippen LogP contribution >= 0.6 is 11.6 Å². The summed E-state index contributed by atoms with van der Waals surface area (Å²) in [5.74, 6) is 0.706. The molecule has 0 unspecified atom stereocenters. The van der Waals surface area contributed by atoms with Gasteiger partial charge >= 0.3 is 0 Å². The largest absolute Gasteiger partial charge is 0.361 e. The van der Waals surface area contributed by atoms with E-state index in [-0.39, 0.29) is 23.9 Å². The highest BCUT2D eigenvalue weighted by Gasteiger charge is 2.16. The molecule has 5 nitrogen and oxygen atoms in total. The van der Waals surface area contributed by atoms with Crippen LogP contribution in [0.5, 0.6) is 0 Å². The van der Waals surface area contributed by atoms with Crippen molar-refractivity contribution in [3.8, 4) is 0 Å². The van der Waals surface area contributed by atoms with E-state index in [1.165, 1.54) is 6.33 Å². The number of hydrogen-bond donors (Lipinski definition) is 2. The Balaban J connectivity index is 2.73. The fraction of sp³-hybridized carbons (Fsp3) is 0.615. The second-order valence-corrected chi connectivity index (χ2v) is 6.09. The maximum absolute atomic E-state index is 11.7. The molecular weight excluding hydrogens is 264 g/mol. The van der Waals surface area contributed by atoms with E-state index in [2.05, 4.69) is 20.6 Å². The molecule has 1 rings (SSSR count). The van der Waals surface area contributed by atoms with Gasteiger partial charge in [-0.05, 0) is 26.7 Å². The molecule has 0 fully saturated rings. The summed E-state index contributed by atoms with van der Waals surface area (Å²) < 4.78 is 0. The molecule has 6 heteroatoms.